The number of fused-ring (bicyclic) bond motifs is 1. The van der Waals surface area contributed by atoms with Gasteiger partial charge >= 0.3 is 0 Å². The number of carbonyl (C=O) groups is 2. The summed E-state index contributed by atoms with van der Waals surface area (Å²) < 4.78 is 0. The van der Waals surface area contributed by atoms with E-state index < -0.39 is 5.91 Å². The fraction of sp³-hybridized carbons (Fsp3) is 0.368. The van der Waals surface area contributed by atoms with Crippen LogP contribution in [0.25, 0.3) is 0 Å². The quantitative estimate of drug-likeness (QED) is 0.882. The van der Waals surface area contributed by atoms with Gasteiger partial charge in [0.1, 0.15) is 5.00 Å². The molecule has 2 aromatic rings. The van der Waals surface area contributed by atoms with Gasteiger partial charge in [0.2, 0.25) is 0 Å². The molecule has 3 N–H and O–H groups in total. The Labute approximate surface area is 151 Å². The number of hydrogen-bond donors (Lipinski definition) is 2. The van der Waals surface area contributed by atoms with Crippen molar-refractivity contribution in [1.29, 1.82) is 0 Å². The number of thiophene rings is 1. The fourth-order valence-corrected chi connectivity index (χ4v) is 4.37. The van der Waals surface area contributed by atoms with Crippen LogP contribution in [0.1, 0.15) is 50.6 Å². The van der Waals surface area contributed by atoms with E-state index in [9.17, 15) is 9.59 Å². The number of amides is 2. The predicted molar refractivity (Wildman–Crippen MR) is 101 cm³/mol. The van der Waals surface area contributed by atoms with E-state index in [1.807, 2.05) is 19.1 Å². The highest BCUT2D eigenvalue weighted by Gasteiger charge is 2.28. The van der Waals surface area contributed by atoms with Crippen LogP contribution in [-0.4, -0.2) is 29.3 Å². The standard InChI is InChI=1S/C19H23N3O2S/c1-11(2)22-9-8-14-15(10-22)25-19(16(14)17(20)23)21-18(24)13-6-4-12(3)5-7-13/h4-7,11H,8-10H2,1-3H3,(H2,20,23)(H,21,24). The third-order valence-corrected chi connectivity index (χ3v) is 5.74. The van der Waals surface area contributed by atoms with Crippen molar-refractivity contribution < 1.29 is 9.59 Å². The van der Waals surface area contributed by atoms with Gasteiger partial charge in [-0.25, -0.2) is 0 Å². The van der Waals surface area contributed by atoms with Crippen molar-refractivity contribution >= 4 is 28.2 Å². The van der Waals surface area contributed by atoms with Gasteiger partial charge < -0.3 is 11.1 Å². The molecule has 1 aromatic heterocycles. The monoisotopic (exact) mass is 357 g/mol. The van der Waals surface area contributed by atoms with E-state index in [1.54, 1.807) is 12.1 Å². The number of nitrogens with two attached hydrogens (primary N) is 1. The summed E-state index contributed by atoms with van der Waals surface area (Å²) in [5.41, 5.74) is 8.74. The van der Waals surface area contributed by atoms with Gasteiger partial charge in [-0.1, -0.05) is 17.7 Å². The zero-order valence-corrected chi connectivity index (χ0v) is 15.6. The molecule has 0 atom stereocenters. The SMILES string of the molecule is Cc1ccc(C(=O)Nc2sc3c(c2C(N)=O)CCN(C(C)C)C3)cc1. The highest BCUT2D eigenvalue weighted by molar-refractivity contribution is 7.17. The lowest BCUT2D eigenvalue weighted by Gasteiger charge is -2.30. The Morgan fingerprint density at radius 1 is 1.24 bits per heavy atom. The van der Waals surface area contributed by atoms with Crippen molar-refractivity contribution in [2.45, 2.75) is 39.8 Å². The average Bonchev–Trinajstić information content (AvgIpc) is 2.92. The van der Waals surface area contributed by atoms with Crippen molar-refractivity contribution in [1.82, 2.24) is 4.90 Å². The number of anilines is 1. The van der Waals surface area contributed by atoms with Gasteiger partial charge in [0.15, 0.2) is 0 Å². The minimum atomic E-state index is -0.477. The Balaban J connectivity index is 1.90. The fourth-order valence-electron chi connectivity index (χ4n) is 3.09. The van der Waals surface area contributed by atoms with Crippen LogP contribution >= 0.6 is 11.3 Å². The smallest absolute Gasteiger partial charge is 0.256 e. The van der Waals surface area contributed by atoms with Crippen LogP contribution in [0, 0.1) is 6.92 Å². The Morgan fingerprint density at radius 2 is 1.92 bits per heavy atom. The molecule has 0 aliphatic carbocycles. The minimum Gasteiger partial charge on any atom is -0.365 e. The molecule has 1 aliphatic rings. The molecule has 132 valence electrons. The Kier molecular flexibility index (Phi) is 4.92. The number of nitrogens with zero attached hydrogens (tertiary/aromatic N) is 1. The Morgan fingerprint density at radius 3 is 2.52 bits per heavy atom. The van der Waals surface area contributed by atoms with Crippen molar-refractivity contribution in [2.24, 2.45) is 5.73 Å². The first-order valence-electron chi connectivity index (χ1n) is 8.43. The number of carbonyl (C=O) groups excluding carboxylic acids is 2. The van der Waals surface area contributed by atoms with Crippen molar-refractivity contribution in [3.8, 4) is 0 Å². The van der Waals surface area contributed by atoms with E-state index in [1.165, 1.54) is 11.3 Å². The summed E-state index contributed by atoms with van der Waals surface area (Å²) in [6, 6.07) is 7.79. The third kappa shape index (κ3) is 3.60. The predicted octanol–water partition coefficient (Wildman–Crippen LogP) is 3.17. The minimum absolute atomic E-state index is 0.221. The van der Waals surface area contributed by atoms with Crippen LogP contribution in [-0.2, 0) is 13.0 Å². The third-order valence-electron chi connectivity index (χ3n) is 4.60. The Hall–Kier alpha value is -2.18. The summed E-state index contributed by atoms with van der Waals surface area (Å²) in [4.78, 5) is 28.0. The molecule has 0 bridgehead atoms. The van der Waals surface area contributed by atoms with Crippen LogP contribution in [0.3, 0.4) is 0 Å². The lowest BCUT2D eigenvalue weighted by molar-refractivity contribution is 0.0999. The van der Waals surface area contributed by atoms with Crippen molar-refractivity contribution in [2.75, 3.05) is 11.9 Å². The summed E-state index contributed by atoms with van der Waals surface area (Å²) in [6.07, 6.45) is 0.780. The topological polar surface area (TPSA) is 75.4 Å². The number of rotatable bonds is 4. The van der Waals surface area contributed by atoms with Gasteiger partial charge in [0.25, 0.3) is 11.8 Å². The van der Waals surface area contributed by atoms with E-state index in [4.69, 9.17) is 5.73 Å². The van der Waals surface area contributed by atoms with E-state index in [0.717, 1.165) is 35.5 Å². The second-order valence-corrected chi connectivity index (χ2v) is 7.81. The Bertz CT molecular complexity index is 809. The van der Waals surface area contributed by atoms with Crippen LogP contribution in [0.4, 0.5) is 5.00 Å². The molecule has 2 heterocycles. The average molecular weight is 357 g/mol. The second kappa shape index (κ2) is 6.98. The lowest BCUT2D eigenvalue weighted by atomic mass is 10.0. The summed E-state index contributed by atoms with van der Waals surface area (Å²) in [5, 5.41) is 3.45. The number of primary amides is 1. The summed E-state index contributed by atoms with van der Waals surface area (Å²) in [5.74, 6) is -0.698. The number of nitrogens with one attached hydrogen (secondary N) is 1. The van der Waals surface area contributed by atoms with Gasteiger partial charge in [-0.15, -0.1) is 11.3 Å². The molecule has 0 spiro atoms. The molecule has 5 nitrogen and oxygen atoms in total. The molecule has 1 aromatic carbocycles. The second-order valence-electron chi connectivity index (χ2n) is 6.71. The van der Waals surface area contributed by atoms with E-state index in [0.29, 0.717) is 22.2 Å². The lowest BCUT2D eigenvalue weighted by Crippen LogP contribution is -2.35. The van der Waals surface area contributed by atoms with Crippen LogP contribution in [0.5, 0.6) is 0 Å². The zero-order chi connectivity index (χ0) is 18.1. The van der Waals surface area contributed by atoms with E-state index in [-0.39, 0.29) is 5.91 Å². The number of benzene rings is 1. The molecule has 1 aliphatic heterocycles. The summed E-state index contributed by atoms with van der Waals surface area (Å²) >= 11 is 1.46. The molecule has 0 saturated carbocycles. The van der Waals surface area contributed by atoms with Crippen molar-refractivity contribution in [3.63, 3.8) is 0 Å². The molecule has 3 rings (SSSR count). The highest BCUT2D eigenvalue weighted by Crippen LogP contribution is 2.37. The molecule has 25 heavy (non-hydrogen) atoms. The zero-order valence-electron chi connectivity index (χ0n) is 14.8. The molecule has 0 fully saturated rings. The van der Waals surface area contributed by atoms with Gasteiger partial charge in [-0.05, 0) is 44.9 Å². The van der Waals surface area contributed by atoms with E-state index in [2.05, 4.69) is 24.1 Å². The van der Waals surface area contributed by atoms with Gasteiger partial charge in [-0.2, -0.15) is 0 Å². The molecular weight excluding hydrogens is 334 g/mol. The first-order valence-corrected chi connectivity index (χ1v) is 9.25. The number of aryl methyl sites for hydroxylation is 1. The maximum Gasteiger partial charge on any atom is 0.256 e. The molecule has 0 saturated heterocycles. The van der Waals surface area contributed by atoms with Crippen LogP contribution in [0.2, 0.25) is 0 Å². The maximum atomic E-state index is 12.5. The largest absolute Gasteiger partial charge is 0.365 e. The van der Waals surface area contributed by atoms with Gasteiger partial charge in [0.05, 0.1) is 5.56 Å². The highest BCUT2D eigenvalue weighted by atomic mass is 32.1. The summed E-state index contributed by atoms with van der Waals surface area (Å²) in [6.45, 7) is 7.98. The molecule has 0 radical (unpaired) electrons. The first-order chi connectivity index (χ1) is 11.9. The maximum absolute atomic E-state index is 12.5. The normalized spacial score (nSPS) is 14.4. The number of hydrogen-bond acceptors (Lipinski definition) is 4. The first kappa shape index (κ1) is 17.6. The van der Waals surface area contributed by atoms with E-state index >= 15 is 0 Å². The summed E-state index contributed by atoms with van der Waals surface area (Å²) in [7, 11) is 0. The van der Waals surface area contributed by atoms with Gasteiger partial charge in [-0.3, -0.25) is 14.5 Å². The molecular formula is C19H23N3O2S. The van der Waals surface area contributed by atoms with Crippen LogP contribution in [0.15, 0.2) is 24.3 Å². The molecule has 6 heteroatoms. The van der Waals surface area contributed by atoms with Crippen LogP contribution < -0.4 is 11.1 Å². The molecule has 0 unspecified atom stereocenters. The molecule has 2 amide bonds. The van der Waals surface area contributed by atoms with Crippen molar-refractivity contribution in [3.05, 3.63) is 51.4 Å². The van der Waals surface area contributed by atoms with Gasteiger partial charge in [0, 0.05) is 29.6 Å².